The zero-order valence-corrected chi connectivity index (χ0v) is 18.3. The Kier molecular flexibility index (Phi) is 5.63. The summed E-state index contributed by atoms with van der Waals surface area (Å²) in [6.07, 6.45) is 4.07. The van der Waals surface area contributed by atoms with Crippen LogP contribution >= 0.6 is 11.8 Å². The van der Waals surface area contributed by atoms with Crippen molar-refractivity contribution in [3.05, 3.63) is 54.0 Å². The van der Waals surface area contributed by atoms with E-state index in [0.717, 1.165) is 59.4 Å². The van der Waals surface area contributed by atoms with E-state index in [0.29, 0.717) is 24.8 Å². The van der Waals surface area contributed by atoms with Gasteiger partial charge in [-0.15, -0.1) is 11.8 Å². The number of anilines is 1. The average molecular weight is 436 g/mol. The Bertz CT molecular complexity index is 1060. The number of rotatable bonds is 6. The van der Waals surface area contributed by atoms with Gasteiger partial charge in [-0.25, -0.2) is 4.98 Å². The molecule has 0 spiro atoms. The first-order valence-electron chi connectivity index (χ1n) is 10.8. The summed E-state index contributed by atoms with van der Waals surface area (Å²) in [4.78, 5) is 27.4. The van der Waals surface area contributed by atoms with Crippen molar-refractivity contribution in [2.75, 3.05) is 36.8 Å². The Morgan fingerprint density at radius 3 is 2.65 bits per heavy atom. The molecule has 1 aliphatic carbocycles. The molecule has 7 nitrogen and oxygen atoms in total. The Morgan fingerprint density at radius 2 is 1.94 bits per heavy atom. The number of carbonyl (C=O) groups excluding carboxylic acids is 1. The molecule has 31 heavy (non-hydrogen) atoms. The average Bonchev–Trinajstić information content (AvgIpc) is 3.56. The highest BCUT2D eigenvalue weighted by atomic mass is 32.2. The molecule has 2 aliphatic rings. The lowest BCUT2D eigenvalue weighted by Gasteiger charge is -2.35. The molecule has 1 amide bonds. The molecule has 1 aromatic carbocycles. The highest BCUT2D eigenvalue weighted by Gasteiger charge is 2.30. The molecule has 160 valence electrons. The van der Waals surface area contributed by atoms with Gasteiger partial charge in [0.05, 0.1) is 5.56 Å². The summed E-state index contributed by atoms with van der Waals surface area (Å²) in [6.45, 7) is 4.99. The van der Waals surface area contributed by atoms with Crippen LogP contribution in [0.25, 0.3) is 11.4 Å². The van der Waals surface area contributed by atoms with Gasteiger partial charge in [-0.3, -0.25) is 4.79 Å². The van der Waals surface area contributed by atoms with E-state index in [1.807, 2.05) is 41.3 Å². The Morgan fingerprint density at radius 1 is 1.13 bits per heavy atom. The molecule has 2 aromatic heterocycles. The van der Waals surface area contributed by atoms with Crippen LogP contribution in [0.4, 0.5) is 5.82 Å². The van der Waals surface area contributed by atoms with Gasteiger partial charge >= 0.3 is 0 Å². The zero-order valence-electron chi connectivity index (χ0n) is 17.5. The van der Waals surface area contributed by atoms with Crippen molar-refractivity contribution in [1.82, 2.24) is 20.0 Å². The van der Waals surface area contributed by atoms with E-state index in [1.165, 1.54) is 0 Å². The fourth-order valence-electron chi connectivity index (χ4n) is 3.79. The van der Waals surface area contributed by atoms with Crippen molar-refractivity contribution < 1.29 is 9.32 Å². The molecular weight excluding hydrogens is 410 g/mol. The minimum Gasteiger partial charge on any atom is -0.353 e. The second-order valence-corrected chi connectivity index (χ2v) is 9.15. The summed E-state index contributed by atoms with van der Waals surface area (Å²) >= 11 is 1.71. The van der Waals surface area contributed by atoms with Crippen molar-refractivity contribution in [2.24, 2.45) is 0 Å². The van der Waals surface area contributed by atoms with Gasteiger partial charge in [0.1, 0.15) is 5.82 Å². The zero-order chi connectivity index (χ0) is 21.2. The molecule has 1 saturated heterocycles. The molecule has 0 bridgehead atoms. The number of nitrogens with zero attached hydrogens (tertiary/aromatic N) is 5. The van der Waals surface area contributed by atoms with Gasteiger partial charge in [0.15, 0.2) is 0 Å². The van der Waals surface area contributed by atoms with Crippen LogP contribution in [0.15, 0.2) is 52.0 Å². The van der Waals surface area contributed by atoms with Crippen molar-refractivity contribution in [3.63, 3.8) is 0 Å². The van der Waals surface area contributed by atoms with Crippen molar-refractivity contribution >= 4 is 23.5 Å². The lowest BCUT2D eigenvalue weighted by atomic mass is 10.1. The minimum atomic E-state index is 0.114. The van der Waals surface area contributed by atoms with Crippen LogP contribution in [0.1, 0.15) is 41.9 Å². The van der Waals surface area contributed by atoms with Gasteiger partial charge in [-0.05, 0) is 42.9 Å². The maximum atomic E-state index is 13.1. The third-order valence-electron chi connectivity index (χ3n) is 5.68. The molecule has 0 N–H and O–H groups in total. The van der Waals surface area contributed by atoms with Crippen LogP contribution in [0.3, 0.4) is 0 Å². The van der Waals surface area contributed by atoms with Crippen LogP contribution < -0.4 is 4.90 Å². The predicted molar refractivity (Wildman–Crippen MR) is 120 cm³/mol. The fraction of sp³-hybridized carbons (Fsp3) is 0.391. The number of amides is 1. The van der Waals surface area contributed by atoms with Crippen molar-refractivity contribution in [1.29, 1.82) is 0 Å². The highest BCUT2D eigenvalue weighted by molar-refractivity contribution is 7.99. The molecule has 3 aromatic rings. The van der Waals surface area contributed by atoms with E-state index in [2.05, 4.69) is 26.9 Å². The summed E-state index contributed by atoms with van der Waals surface area (Å²) < 4.78 is 5.35. The largest absolute Gasteiger partial charge is 0.353 e. The molecule has 8 heteroatoms. The van der Waals surface area contributed by atoms with E-state index in [9.17, 15) is 4.79 Å². The lowest BCUT2D eigenvalue weighted by Crippen LogP contribution is -2.49. The third kappa shape index (κ3) is 4.30. The van der Waals surface area contributed by atoms with E-state index in [4.69, 9.17) is 4.52 Å². The number of piperazine rings is 1. The Labute approximate surface area is 185 Å². The first kappa shape index (κ1) is 20.1. The number of thioether (sulfide) groups is 1. The number of carbonyl (C=O) groups is 1. The molecule has 0 radical (unpaired) electrons. The lowest BCUT2D eigenvalue weighted by molar-refractivity contribution is 0.0743. The molecule has 5 rings (SSSR count). The minimum absolute atomic E-state index is 0.114. The van der Waals surface area contributed by atoms with Crippen LogP contribution in [0.5, 0.6) is 0 Å². The summed E-state index contributed by atoms with van der Waals surface area (Å²) in [5, 5.41) is 4.08. The standard InChI is InChI=1S/C23H25N5O2S/c1-2-31-19-6-4-3-5-18(19)23(29)28-13-11-27(12-14-28)20-10-9-17(15-24-20)21-25-22(30-26-21)16-7-8-16/h3-6,9-10,15-16H,2,7-8,11-14H2,1H3. The van der Waals surface area contributed by atoms with Crippen LogP contribution in [0.2, 0.25) is 0 Å². The maximum absolute atomic E-state index is 13.1. The molecular formula is C23H25N5O2S. The van der Waals surface area contributed by atoms with Gasteiger partial charge in [0.2, 0.25) is 11.7 Å². The van der Waals surface area contributed by atoms with Crippen LogP contribution in [-0.4, -0.2) is 57.9 Å². The van der Waals surface area contributed by atoms with Gasteiger partial charge in [0.25, 0.3) is 5.91 Å². The normalized spacial score (nSPS) is 16.5. The summed E-state index contributed by atoms with van der Waals surface area (Å²) in [5.74, 6) is 3.75. The number of hydrogen-bond donors (Lipinski definition) is 0. The number of benzene rings is 1. The van der Waals surface area contributed by atoms with E-state index < -0.39 is 0 Å². The molecule has 0 atom stereocenters. The monoisotopic (exact) mass is 435 g/mol. The summed E-state index contributed by atoms with van der Waals surface area (Å²) in [5.41, 5.74) is 1.66. The number of hydrogen-bond acceptors (Lipinski definition) is 7. The van der Waals surface area contributed by atoms with Crippen molar-refractivity contribution in [2.45, 2.75) is 30.6 Å². The van der Waals surface area contributed by atoms with Gasteiger partial charge in [-0.1, -0.05) is 24.2 Å². The summed E-state index contributed by atoms with van der Waals surface area (Å²) in [7, 11) is 0. The van der Waals surface area contributed by atoms with E-state index in [-0.39, 0.29) is 5.91 Å². The van der Waals surface area contributed by atoms with Gasteiger partial charge < -0.3 is 14.3 Å². The second kappa shape index (κ2) is 8.70. The SMILES string of the molecule is CCSc1ccccc1C(=O)N1CCN(c2ccc(-c3noc(C4CC4)n3)cn2)CC1. The molecule has 2 fully saturated rings. The van der Waals surface area contributed by atoms with Crippen LogP contribution in [0, 0.1) is 0 Å². The van der Waals surface area contributed by atoms with E-state index in [1.54, 1.807) is 18.0 Å². The predicted octanol–water partition coefficient (Wildman–Crippen LogP) is 4.08. The first-order valence-corrected chi connectivity index (χ1v) is 11.8. The number of pyridine rings is 1. The quantitative estimate of drug-likeness (QED) is 0.540. The van der Waals surface area contributed by atoms with E-state index >= 15 is 0 Å². The second-order valence-electron chi connectivity index (χ2n) is 7.84. The molecule has 1 saturated carbocycles. The smallest absolute Gasteiger partial charge is 0.255 e. The Balaban J connectivity index is 1.21. The number of aromatic nitrogens is 3. The van der Waals surface area contributed by atoms with Gasteiger partial charge in [0, 0.05) is 48.8 Å². The van der Waals surface area contributed by atoms with Gasteiger partial charge in [-0.2, -0.15) is 4.98 Å². The maximum Gasteiger partial charge on any atom is 0.255 e. The first-order chi connectivity index (χ1) is 15.2. The highest BCUT2D eigenvalue weighted by Crippen LogP contribution is 2.39. The third-order valence-corrected chi connectivity index (χ3v) is 6.64. The topological polar surface area (TPSA) is 75.4 Å². The van der Waals surface area contributed by atoms with Crippen molar-refractivity contribution in [3.8, 4) is 11.4 Å². The summed E-state index contributed by atoms with van der Waals surface area (Å²) in [6, 6.07) is 11.9. The molecule has 1 aliphatic heterocycles. The fourth-order valence-corrected chi connectivity index (χ4v) is 4.58. The Hall–Kier alpha value is -2.87. The van der Waals surface area contributed by atoms with Crippen LogP contribution in [-0.2, 0) is 0 Å². The molecule has 3 heterocycles. The molecule has 0 unspecified atom stereocenters.